The first-order valence-corrected chi connectivity index (χ1v) is 10.8. The molecule has 0 bridgehead atoms. The van der Waals surface area contributed by atoms with Crippen molar-refractivity contribution in [3.05, 3.63) is 89.4 Å². The molecule has 32 heavy (non-hydrogen) atoms. The number of benzene rings is 3. The van der Waals surface area contributed by atoms with Crippen molar-refractivity contribution < 1.29 is 19.0 Å². The number of methoxy groups -OCH3 is 2. The average Bonchev–Trinajstić information content (AvgIpc) is 3.34. The summed E-state index contributed by atoms with van der Waals surface area (Å²) in [6, 6.07) is 22.8. The highest BCUT2D eigenvalue weighted by Crippen LogP contribution is 2.33. The standard InChI is InChI=1S/C25H22N2O4S/c1-29-18-12-13-20(23(14-18)30-2)26-24(28)21-16-32-25(27-21)19-10-6-7-11-22(19)31-15-17-8-4-3-5-9-17/h3-14,16H,15H2,1-2H3,(H,26,28). The van der Waals surface area contributed by atoms with Crippen molar-refractivity contribution in [1.82, 2.24) is 4.98 Å². The molecule has 0 fully saturated rings. The van der Waals surface area contributed by atoms with E-state index in [0.29, 0.717) is 34.5 Å². The highest BCUT2D eigenvalue weighted by molar-refractivity contribution is 7.13. The van der Waals surface area contributed by atoms with E-state index in [1.165, 1.54) is 18.4 Å². The molecule has 7 heteroatoms. The number of hydrogen-bond donors (Lipinski definition) is 1. The monoisotopic (exact) mass is 446 g/mol. The van der Waals surface area contributed by atoms with Gasteiger partial charge in [-0.2, -0.15) is 0 Å². The fourth-order valence-electron chi connectivity index (χ4n) is 3.09. The Hall–Kier alpha value is -3.84. The summed E-state index contributed by atoms with van der Waals surface area (Å²) in [5, 5.41) is 5.29. The first-order chi connectivity index (χ1) is 15.7. The number of aromatic nitrogens is 1. The molecule has 6 nitrogen and oxygen atoms in total. The van der Waals surface area contributed by atoms with Crippen LogP contribution in [0.2, 0.25) is 0 Å². The molecule has 0 saturated heterocycles. The number of rotatable bonds is 8. The number of hydrogen-bond acceptors (Lipinski definition) is 6. The molecule has 0 radical (unpaired) electrons. The topological polar surface area (TPSA) is 69.7 Å². The van der Waals surface area contributed by atoms with Crippen LogP contribution in [0.25, 0.3) is 10.6 Å². The van der Waals surface area contributed by atoms with E-state index in [1.807, 2.05) is 54.6 Å². The molecule has 4 rings (SSSR count). The van der Waals surface area contributed by atoms with Crippen LogP contribution in [0, 0.1) is 0 Å². The van der Waals surface area contributed by atoms with Crippen LogP contribution in [0.4, 0.5) is 5.69 Å². The number of nitrogens with one attached hydrogen (secondary N) is 1. The Morgan fingerprint density at radius 3 is 2.50 bits per heavy atom. The van der Waals surface area contributed by atoms with Gasteiger partial charge in [-0.3, -0.25) is 4.79 Å². The number of anilines is 1. The first kappa shape index (κ1) is 21.4. The Kier molecular flexibility index (Phi) is 6.67. The van der Waals surface area contributed by atoms with Gasteiger partial charge >= 0.3 is 0 Å². The Bertz CT molecular complexity index is 1210. The van der Waals surface area contributed by atoms with Crippen molar-refractivity contribution in [1.29, 1.82) is 0 Å². The minimum Gasteiger partial charge on any atom is -0.497 e. The summed E-state index contributed by atoms with van der Waals surface area (Å²) >= 11 is 1.39. The molecule has 1 amide bonds. The summed E-state index contributed by atoms with van der Waals surface area (Å²) in [6.07, 6.45) is 0. The molecule has 4 aromatic rings. The van der Waals surface area contributed by atoms with Crippen LogP contribution >= 0.6 is 11.3 Å². The lowest BCUT2D eigenvalue weighted by Gasteiger charge is -2.11. The fraction of sp³-hybridized carbons (Fsp3) is 0.120. The maximum Gasteiger partial charge on any atom is 0.275 e. The smallest absolute Gasteiger partial charge is 0.275 e. The third-order valence-corrected chi connectivity index (χ3v) is 5.62. The van der Waals surface area contributed by atoms with Crippen LogP contribution in [0.5, 0.6) is 17.2 Å². The second-order valence-corrected chi connectivity index (χ2v) is 7.69. The molecule has 1 N–H and O–H groups in total. The third kappa shape index (κ3) is 4.90. The van der Waals surface area contributed by atoms with Gasteiger partial charge in [0.25, 0.3) is 5.91 Å². The van der Waals surface area contributed by atoms with Crippen molar-refractivity contribution >= 4 is 22.9 Å². The molecule has 0 atom stereocenters. The van der Waals surface area contributed by atoms with Crippen molar-refractivity contribution in [3.8, 4) is 27.8 Å². The Morgan fingerprint density at radius 1 is 0.938 bits per heavy atom. The molecule has 0 aliphatic rings. The lowest BCUT2D eigenvalue weighted by atomic mass is 10.2. The zero-order chi connectivity index (χ0) is 22.3. The number of para-hydroxylation sites is 1. The molecule has 1 aromatic heterocycles. The maximum absolute atomic E-state index is 12.8. The molecule has 1 heterocycles. The lowest BCUT2D eigenvalue weighted by molar-refractivity contribution is 0.102. The second kappa shape index (κ2) is 9.98. The Morgan fingerprint density at radius 2 is 1.72 bits per heavy atom. The van der Waals surface area contributed by atoms with Gasteiger partial charge in [-0.05, 0) is 29.8 Å². The fourth-order valence-corrected chi connectivity index (χ4v) is 3.92. The minimum absolute atomic E-state index is 0.320. The van der Waals surface area contributed by atoms with E-state index in [-0.39, 0.29) is 5.91 Å². The lowest BCUT2D eigenvalue weighted by Crippen LogP contribution is -2.13. The van der Waals surface area contributed by atoms with E-state index >= 15 is 0 Å². The van der Waals surface area contributed by atoms with Gasteiger partial charge in [0.1, 0.15) is 34.6 Å². The highest BCUT2D eigenvalue weighted by Gasteiger charge is 2.16. The van der Waals surface area contributed by atoms with Gasteiger partial charge < -0.3 is 19.5 Å². The van der Waals surface area contributed by atoms with Crippen molar-refractivity contribution in [2.75, 3.05) is 19.5 Å². The molecular weight excluding hydrogens is 424 g/mol. The van der Waals surface area contributed by atoms with Crippen molar-refractivity contribution in [3.63, 3.8) is 0 Å². The molecule has 3 aromatic carbocycles. The van der Waals surface area contributed by atoms with Gasteiger partial charge in [0.05, 0.1) is 25.5 Å². The molecular formula is C25H22N2O4S. The van der Waals surface area contributed by atoms with Gasteiger partial charge in [0.2, 0.25) is 0 Å². The molecule has 0 spiro atoms. The third-order valence-electron chi connectivity index (χ3n) is 4.75. The molecule has 0 aliphatic carbocycles. The number of carbonyl (C=O) groups is 1. The number of ether oxygens (including phenoxy) is 3. The van der Waals surface area contributed by atoms with Crippen LogP contribution in [-0.2, 0) is 6.61 Å². The normalized spacial score (nSPS) is 10.4. The van der Waals surface area contributed by atoms with Gasteiger partial charge in [0, 0.05) is 11.4 Å². The summed E-state index contributed by atoms with van der Waals surface area (Å²) in [7, 11) is 3.11. The second-order valence-electron chi connectivity index (χ2n) is 6.83. The summed E-state index contributed by atoms with van der Waals surface area (Å²) < 4.78 is 16.6. The molecule has 0 unspecified atom stereocenters. The van der Waals surface area contributed by atoms with E-state index in [0.717, 1.165) is 16.9 Å². The van der Waals surface area contributed by atoms with E-state index in [9.17, 15) is 4.79 Å². The van der Waals surface area contributed by atoms with Crippen LogP contribution < -0.4 is 19.5 Å². The van der Waals surface area contributed by atoms with Crippen LogP contribution in [-0.4, -0.2) is 25.1 Å². The first-order valence-electron chi connectivity index (χ1n) is 9.93. The minimum atomic E-state index is -0.321. The molecule has 0 saturated carbocycles. The van der Waals surface area contributed by atoms with Gasteiger partial charge in [-0.25, -0.2) is 4.98 Å². The van der Waals surface area contributed by atoms with E-state index in [1.54, 1.807) is 30.7 Å². The number of carbonyl (C=O) groups excluding carboxylic acids is 1. The van der Waals surface area contributed by atoms with Crippen LogP contribution in [0.1, 0.15) is 16.1 Å². The van der Waals surface area contributed by atoms with E-state index in [4.69, 9.17) is 14.2 Å². The number of thiazole rings is 1. The van der Waals surface area contributed by atoms with E-state index in [2.05, 4.69) is 10.3 Å². The van der Waals surface area contributed by atoms with Crippen LogP contribution in [0.3, 0.4) is 0 Å². The summed E-state index contributed by atoms with van der Waals surface area (Å²) in [5.41, 5.74) is 2.78. The number of amides is 1. The summed E-state index contributed by atoms with van der Waals surface area (Å²) in [4.78, 5) is 17.3. The van der Waals surface area contributed by atoms with Gasteiger partial charge in [-0.1, -0.05) is 42.5 Å². The average molecular weight is 447 g/mol. The zero-order valence-electron chi connectivity index (χ0n) is 17.7. The maximum atomic E-state index is 12.8. The summed E-state index contributed by atoms with van der Waals surface area (Å²) in [6.45, 7) is 0.452. The Labute approximate surface area is 190 Å². The largest absolute Gasteiger partial charge is 0.497 e. The molecule has 0 aliphatic heterocycles. The zero-order valence-corrected chi connectivity index (χ0v) is 18.5. The molecule has 162 valence electrons. The van der Waals surface area contributed by atoms with Gasteiger partial charge in [0.15, 0.2) is 0 Å². The van der Waals surface area contributed by atoms with Crippen molar-refractivity contribution in [2.45, 2.75) is 6.61 Å². The number of nitrogens with zero attached hydrogens (tertiary/aromatic N) is 1. The van der Waals surface area contributed by atoms with Crippen LogP contribution in [0.15, 0.2) is 78.2 Å². The quantitative estimate of drug-likeness (QED) is 0.378. The van der Waals surface area contributed by atoms with E-state index < -0.39 is 0 Å². The SMILES string of the molecule is COc1ccc(NC(=O)c2csc(-c3ccccc3OCc3ccccc3)n2)c(OC)c1. The van der Waals surface area contributed by atoms with Gasteiger partial charge in [-0.15, -0.1) is 11.3 Å². The predicted octanol–water partition coefficient (Wildman–Crippen LogP) is 5.66. The van der Waals surface area contributed by atoms with Crippen molar-refractivity contribution in [2.24, 2.45) is 0 Å². The predicted molar refractivity (Wildman–Crippen MR) is 126 cm³/mol. The summed E-state index contributed by atoms with van der Waals surface area (Å²) in [5.74, 6) is 1.55. The Balaban J connectivity index is 1.51. The highest BCUT2D eigenvalue weighted by atomic mass is 32.1.